The van der Waals surface area contributed by atoms with Crippen LogP contribution >= 0.6 is 0 Å². The average molecular weight is 183 g/mol. The zero-order chi connectivity index (χ0) is 9.68. The second-order valence-corrected chi connectivity index (χ2v) is 3.56. The van der Waals surface area contributed by atoms with Crippen LogP contribution in [0.3, 0.4) is 0 Å². The highest BCUT2D eigenvalue weighted by Crippen LogP contribution is 2.21. The van der Waals surface area contributed by atoms with Gasteiger partial charge in [-0.1, -0.05) is 12.8 Å². The highest BCUT2D eigenvalue weighted by Gasteiger charge is 2.14. The van der Waals surface area contributed by atoms with E-state index in [4.69, 9.17) is 0 Å². The summed E-state index contributed by atoms with van der Waals surface area (Å²) in [6.07, 6.45) is 5.25. The van der Waals surface area contributed by atoms with Gasteiger partial charge in [-0.15, -0.1) is 0 Å². The van der Waals surface area contributed by atoms with E-state index in [0.29, 0.717) is 12.5 Å². The predicted molar refractivity (Wildman–Crippen MR) is 52.0 cm³/mol. The van der Waals surface area contributed by atoms with Gasteiger partial charge < -0.3 is 4.74 Å². The lowest BCUT2D eigenvalue weighted by atomic mass is 10.2. The molecule has 1 aliphatic carbocycles. The molecule has 0 N–H and O–H groups in total. The van der Waals surface area contributed by atoms with Gasteiger partial charge in [0.1, 0.15) is 0 Å². The lowest BCUT2D eigenvalue weighted by molar-refractivity contribution is -0.139. The van der Waals surface area contributed by atoms with Crippen molar-refractivity contribution in [2.24, 2.45) is 4.99 Å². The van der Waals surface area contributed by atoms with Crippen LogP contribution in [0.15, 0.2) is 4.99 Å². The molecule has 0 bridgehead atoms. The number of rotatable bonds is 3. The fourth-order valence-electron chi connectivity index (χ4n) is 1.67. The second-order valence-electron chi connectivity index (χ2n) is 3.56. The first-order valence-corrected chi connectivity index (χ1v) is 4.82. The first-order valence-electron chi connectivity index (χ1n) is 4.82. The Morgan fingerprint density at radius 1 is 1.46 bits per heavy atom. The van der Waals surface area contributed by atoms with Crippen molar-refractivity contribution in [3.05, 3.63) is 0 Å². The molecule has 0 saturated heterocycles. The molecule has 3 nitrogen and oxygen atoms in total. The van der Waals surface area contributed by atoms with Crippen molar-refractivity contribution in [3.8, 4) is 0 Å². The summed E-state index contributed by atoms with van der Waals surface area (Å²) in [6.45, 7) is 1.90. The number of ether oxygens (including phenoxy) is 1. The van der Waals surface area contributed by atoms with Crippen molar-refractivity contribution in [2.45, 2.75) is 45.1 Å². The fourth-order valence-corrected chi connectivity index (χ4v) is 1.67. The molecule has 1 saturated carbocycles. The third-order valence-corrected chi connectivity index (χ3v) is 2.36. The Labute approximate surface area is 79.2 Å². The molecule has 0 aromatic rings. The van der Waals surface area contributed by atoms with Crippen LogP contribution in [0, 0.1) is 0 Å². The van der Waals surface area contributed by atoms with E-state index in [9.17, 15) is 4.79 Å². The van der Waals surface area contributed by atoms with Gasteiger partial charge in [0.2, 0.25) is 0 Å². The minimum Gasteiger partial charge on any atom is -0.469 e. The maximum Gasteiger partial charge on any atom is 0.311 e. The predicted octanol–water partition coefficient (Wildman–Crippen LogP) is 1.95. The zero-order valence-corrected chi connectivity index (χ0v) is 8.38. The number of hydrogen-bond acceptors (Lipinski definition) is 3. The van der Waals surface area contributed by atoms with Crippen LogP contribution in [-0.4, -0.2) is 24.8 Å². The van der Waals surface area contributed by atoms with E-state index < -0.39 is 0 Å². The molecule has 1 fully saturated rings. The molecule has 0 amide bonds. The first kappa shape index (κ1) is 10.2. The summed E-state index contributed by atoms with van der Waals surface area (Å²) in [4.78, 5) is 15.4. The van der Waals surface area contributed by atoms with E-state index in [1.165, 1.54) is 32.8 Å². The maximum absolute atomic E-state index is 10.9. The standard InChI is InChI=1S/C10H17NO2/c1-8(7-10(12)13-2)11-9-5-3-4-6-9/h9H,3-7H2,1-2H3. The highest BCUT2D eigenvalue weighted by atomic mass is 16.5. The summed E-state index contributed by atoms with van der Waals surface area (Å²) in [6, 6.07) is 0.463. The van der Waals surface area contributed by atoms with Crippen molar-refractivity contribution in [1.29, 1.82) is 0 Å². The van der Waals surface area contributed by atoms with Gasteiger partial charge >= 0.3 is 5.97 Å². The molecule has 0 aromatic heterocycles. The summed E-state index contributed by atoms with van der Waals surface area (Å²) in [5, 5.41) is 0. The Morgan fingerprint density at radius 3 is 2.62 bits per heavy atom. The summed E-state index contributed by atoms with van der Waals surface area (Å²) in [5.74, 6) is -0.195. The monoisotopic (exact) mass is 183 g/mol. The lowest BCUT2D eigenvalue weighted by Gasteiger charge is -2.04. The Morgan fingerprint density at radius 2 is 2.08 bits per heavy atom. The van der Waals surface area contributed by atoms with Crippen molar-refractivity contribution >= 4 is 11.7 Å². The van der Waals surface area contributed by atoms with Crippen molar-refractivity contribution < 1.29 is 9.53 Å². The van der Waals surface area contributed by atoms with E-state index in [1.54, 1.807) is 0 Å². The molecule has 0 heterocycles. The Balaban J connectivity index is 2.36. The van der Waals surface area contributed by atoms with Crippen molar-refractivity contribution in [3.63, 3.8) is 0 Å². The van der Waals surface area contributed by atoms with Crippen LogP contribution in [0.25, 0.3) is 0 Å². The van der Waals surface area contributed by atoms with Crippen molar-refractivity contribution in [1.82, 2.24) is 0 Å². The number of carbonyl (C=O) groups excluding carboxylic acids is 1. The van der Waals surface area contributed by atoms with Crippen LogP contribution in [0.5, 0.6) is 0 Å². The molecule has 74 valence electrons. The molecular weight excluding hydrogens is 166 g/mol. The van der Waals surface area contributed by atoms with Gasteiger partial charge in [-0.3, -0.25) is 9.79 Å². The normalized spacial score (nSPS) is 19.1. The third kappa shape index (κ3) is 3.57. The molecule has 0 radical (unpaired) electrons. The molecule has 1 rings (SSSR count). The smallest absolute Gasteiger partial charge is 0.311 e. The van der Waals surface area contributed by atoms with Crippen LogP contribution in [0.1, 0.15) is 39.0 Å². The summed E-state index contributed by atoms with van der Waals surface area (Å²) in [7, 11) is 1.41. The molecule has 0 unspecified atom stereocenters. The minimum atomic E-state index is -0.195. The number of aliphatic imine (C=N–C) groups is 1. The molecule has 3 heteroatoms. The van der Waals surface area contributed by atoms with Gasteiger partial charge in [-0.2, -0.15) is 0 Å². The number of esters is 1. The lowest BCUT2D eigenvalue weighted by Crippen LogP contribution is -2.09. The molecule has 0 atom stereocenters. The maximum atomic E-state index is 10.9. The van der Waals surface area contributed by atoms with E-state index in [-0.39, 0.29) is 5.97 Å². The first-order chi connectivity index (χ1) is 6.22. The topological polar surface area (TPSA) is 38.7 Å². The molecule has 0 spiro atoms. The van der Waals surface area contributed by atoms with Gasteiger partial charge in [0.15, 0.2) is 0 Å². The van der Waals surface area contributed by atoms with E-state index in [1.807, 2.05) is 6.92 Å². The Bertz CT molecular complexity index is 205. The number of methoxy groups -OCH3 is 1. The number of nitrogens with zero attached hydrogens (tertiary/aromatic N) is 1. The molecular formula is C10H17NO2. The summed E-state index contributed by atoms with van der Waals surface area (Å²) in [5.41, 5.74) is 0.902. The van der Waals surface area contributed by atoms with Crippen LogP contribution in [0.4, 0.5) is 0 Å². The van der Waals surface area contributed by atoms with Gasteiger partial charge in [0.05, 0.1) is 13.5 Å². The highest BCUT2D eigenvalue weighted by molar-refractivity contribution is 5.97. The fraction of sp³-hybridized carbons (Fsp3) is 0.800. The van der Waals surface area contributed by atoms with E-state index in [0.717, 1.165) is 5.71 Å². The van der Waals surface area contributed by atoms with Crippen LogP contribution in [-0.2, 0) is 9.53 Å². The minimum absolute atomic E-state index is 0.195. The summed E-state index contributed by atoms with van der Waals surface area (Å²) < 4.78 is 4.57. The molecule has 13 heavy (non-hydrogen) atoms. The second kappa shape index (κ2) is 5.00. The number of carbonyl (C=O) groups is 1. The Hall–Kier alpha value is -0.860. The largest absolute Gasteiger partial charge is 0.469 e. The average Bonchev–Trinajstić information content (AvgIpc) is 2.56. The molecule has 0 aliphatic heterocycles. The zero-order valence-electron chi connectivity index (χ0n) is 8.38. The van der Waals surface area contributed by atoms with E-state index in [2.05, 4.69) is 9.73 Å². The molecule has 1 aliphatic rings. The van der Waals surface area contributed by atoms with Gasteiger partial charge in [0, 0.05) is 11.8 Å². The van der Waals surface area contributed by atoms with Crippen LogP contribution in [0.2, 0.25) is 0 Å². The third-order valence-electron chi connectivity index (χ3n) is 2.36. The van der Waals surface area contributed by atoms with E-state index >= 15 is 0 Å². The van der Waals surface area contributed by atoms with Gasteiger partial charge in [0.25, 0.3) is 0 Å². The van der Waals surface area contributed by atoms with Crippen molar-refractivity contribution in [2.75, 3.05) is 7.11 Å². The van der Waals surface area contributed by atoms with Gasteiger partial charge in [-0.05, 0) is 19.8 Å². The summed E-state index contributed by atoms with van der Waals surface area (Å²) >= 11 is 0. The Kier molecular flexibility index (Phi) is 3.93. The van der Waals surface area contributed by atoms with Crippen LogP contribution < -0.4 is 0 Å². The molecule has 0 aromatic carbocycles. The SMILES string of the molecule is COC(=O)CC(C)=NC1CCCC1. The van der Waals surface area contributed by atoms with Gasteiger partial charge in [-0.25, -0.2) is 0 Å². The number of hydrogen-bond donors (Lipinski definition) is 0. The quantitative estimate of drug-likeness (QED) is 0.495.